The van der Waals surface area contributed by atoms with E-state index in [0.717, 1.165) is 50.0 Å². The van der Waals surface area contributed by atoms with Gasteiger partial charge in [-0.05, 0) is 47.0 Å². The Hall–Kier alpha value is -3.27. The SMILES string of the molecule is Cc1ccc([C@@H](c2nnnn2Cc2cccs2)[NH+]2CC[NH+](Cc3ccc4c(c3)OCO4)CC2)cc1. The average molecular weight is 491 g/mol. The number of aryl methyl sites for hydroxylation is 1. The van der Waals surface area contributed by atoms with Crippen molar-refractivity contribution in [2.75, 3.05) is 33.0 Å². The van der Waals surface area contributed by atoms with Gasteiger partial charge in [0.05, 0.1) is 6.54 Å². The predicted molar refractivity (Wildman–Crippen MR) is 132 cm³/mol. The van der Waals surface area contributed by atoms with Gasteiger partial charge in [0.1, 0.15) is 32.7 Å². The number of piperazine rings is 1. The molecule has 1 saturated heterocycles. The highest BCUT2D eigenvalue weighted by atomic mass is 32.1. The Morgan fingerprint density at radius 2 is 1.83 bits per heavy atom. The van der Waals surface area contributed by atoms with E-state index in [2.05, 4.69) is 76.4 Å². The maximum absolute atomic E-state index is 5.57. The molecule has 0 unspecified atom stereocenters. The maximum atomic E-state index is 5.57. The third-order valence-corrected chi connectivity index (χ3v) is 7.87. The molecule has 35 heavy (non-hydrogen) atoms. The Morgan fingerprint density at radius 1 is 1.00 bits per heavy atom. The average Bonchev–Trinajstić information content (AvgIpc) is 3.65. The highest BCUT2D eigenvalue weighted by Crippen LogP contribution is 2.32. The van der Waals surface area contributed by atoms with Gasteiger partial charge in [-0.25, -0.2) is 4.68 Å². The normalized spacial score (nSPS) is 20.1. The number of thiophene rings is 1. The molecule has 0 amide bonds. The van der Waals surface area contributed by atoms with Crippen LogP contribution in [0.25, 0.3) is 0 Å². The van der Waals surface area contributed by atoms with Crippen molar-refractivity contribution >= 4 is 11.3 Å². The first kappa shape index (κ1) is 22.2. The third kappa shape index (κ3) is 4.80. The standard InChI is InChI=1S/C26H28N6O2S/c1-19-4-7-21(8-5-19)25(26-27-28-29-32(26)17-22-3-2-14-35-22)31-12-10-30(11-13-31)16-20-6-9-23-24(15-20)34-18-33-23/h2-9,14-15,25H,10-13,16-18H2,1H3/p+2/t25-/m0/s1. The summed E-state index contributed by atoms with van der Waals surface area (Å²) in [4.78, 5) is 4.37. The molecule has 180 valence electrons. The van der Waals surface area contributed by atoms with Crippen LogP contribution in [0, 0.1) is 6.92 Å². The number of rotatable bonds is 7. The summed E-state index contributed by atoms with van der Waals surface area (Å²) in [5.74, 6) is 2.65. The second-order valence-corrected chi connectivity index (χ2v) is 10.4. The topological polar surface area (TPSA) is 70.9 Å². The number of hydrogen-bond donors (Lipinski definition) is 2. The number of tetrazole rings is 1. The van der Waals surface area contributed by atoms with Gasteiger partial charge in [-0.15, -0.1) is 16.4 Å². The minimum atomic E-state index is 0.109. The molecule has 0 aliphatic carbocycles. The van der Waals surface area contributed by atoms with Crippen LogP contribution in [0.4, 0.5) is 0 Å². The van der Waals surface area contributed by atoms with E-state index < -0.39 is 0 Å². The first-order valence-corrected chi connectivity index (χ1v) is 13.0. The number of aromatic nitrogens is 4. The van der Waals surface area contributed by atoms with Gasteiger partial charge in [0.2, 0.25) is 12.6 Å². The van der Waals surface area contributed by atoms with E-state index in [9.17, 15) is 0 Å². The lowest BCUT2D eigenvalue weighted by atomic mass is 10.0. The monoisotopic (exact) mass is 490 g/mol. The van der Waals surface area contributed by atoms with Gasteiger partial charge in [-0.1, -0.05) is 35.9 Å². The van der Waals surface area contributed by atoms with Crippen molar-refractivity contribution in [2.45, 2.75) is 26.1 Å². The molecule has 2 aromatic carbocycles. The van der Waals surface area contributed by atoms with Crippen LogP contribution in [-0.2, 0) is 13.1 Å². The van der Waals surface area contributed by atoms with Crippen molar-refractivity contribution in [1.82, 2.24) is 20.2 Å². The van der Waals surface area contributed by atoms with E-state index in [1.807, 2.05) is 10.7 Å². The van der Waals surface area contributed by atoms with E-state index in [1.54, 1.807) is 16.2 Å². The van der Waals surface area contributed by atoms with Crippen molar-refractivity contribution in [2.24, 2.45) is 0 Å². The quantitative estimate of drug-likeness (QED) is 0.403. The molecular weight excluding hydrogens is 460 g/mol. The zero-order valence-corrected chi connectivity index (χ0v) is 20.6. The third-order valence-electron chi connectivity index (χ3n) is 7.01. The highest BCUT2D eigenvalue weighted by Gasteiger charge is 2.35. The molecule has 4 aromatic rings. The number of benzene rings is 2. The molecule has 8 nitrogen and oxygen atoms in total. The lowest BCUT2D eigenvalue weighted by Gasteiger charge is -2.34. The molecule has 0 radical (unpaired) electrons. The molecule has 2 N–H and O–H groups in total. The smallest absolute Gasteiger partial charge is 0.231 e. The summed E-state index contributed by atoms with van der Waals surface area (Å²) in [5, 5.41) is 15.1. The van der Waals surface area contributed by atoms with E-state index in [-0.39, 0.29) is 6.04 Å². The number of nitrogens with one attached hydrogen (secondary N) is 2. The Morgan fingerprint density at radius 3 is 2.63 bits per heavy atom. The Kier molecular flexibility index (Phi) is 6.20. The van der Waals surface area contributed by atoms with E-state index >= 15 is 0 Å². The lowest BCUT2D eigenvalue weighted by Crippen LogP contribution is -3.27. The molecule has 1 fully saturated rings. The number of fused-ring (bicyclic) bond motifs is 1. The molecule has 6 rings (SSSR count). The van der Waals surface area contributed by atoms with E-state index in [0.29, 0.717) is 13.3 Å². The Bertz CT molecular complexity index is 1270. The van der Waals surface area contributed by atoms with Crippen LogP contribution < -0.4 is 19.3 Å². The molecule has 1 atom stereocenters. The fourth-order valence-electron chi connectivity index (χ4n) is 5.14. The lowest BCUT2D eigenvalue weighted by molar-refractivity contribution is -1.03. The second-order valence-electron chi connectivity index (χ2n) is 9.39. The van der Waals surface area contributed by atoms with Gasteiger partial charge in [-0.2, -0.15) is 0 Å². The van der Waals surface area contributed by atoms with Crippen LogP contribution in [0.1, 0.15) is 33.4 Å². The second kappa shape index (κ2) is 9.77. The first-order chi connectivity index (χ1) is 17.2. The zero-order valence-electron chi connectivity index (χ0n) is 19.8. The summed E-state index contributed by atoms with van der Waals surface area (Å²) < 4.78 is 13.0. The summed E-state index contributed by atoms with van der Waals surface area (Å²) >= 11 is 1.74. The summed E-state index contributed by atoms with van der Waals surface area (Å²) in [6.07, 6.45) is 0. The predicted octanol–water partition coefficient (Wildman–Crippen LogP) is 0.893. The van der Waals surface area contributed by atoms with Gasteiger partial charge in [-0.3, -0.25) is 0 Å². The molecule has 0 bridgehead atoms. The Labute approximate surface area is 208 Å². The minimum absolute atomic E-state index is 0.109. The van der Waals surface area contributed by atoms with Gasteiger partial charge >= 0.3 is 0 Å². The first-order valence-electron chi connectivity index (χ1n) is 12.1. The fourth-order valence-corrected chi connectivity index (χ4v) is 5.82. The number of ether oxygens (including phenoxy) is 2. The molecule has 9 heteroatoms. The van der Waals surface area contributed by atoms with E-state index in [4.69, 9.17) is 9.47 Å². The summed E-state index contributed by atoms with van der Waals surface area (Å²) in [6, 6.07) is 19.5. The number of nitrogens with zero attached hydrogens (tertiary/aromatic N) is 4. The van der Waals surface area contributed by atoms with Crippen molar-refractivity contribution in [3.05, 3.63) is 87.4 Å². The van der Waals surface area contributed by atoms with Gasteiger partial charge in [0.25, 0.3) is 0 Å². The minimum Gasteiger partial charge on any atom is -0.454 e. The number of quaternary nitrogens is 2. The summed E-state index contributed by atoms with van der Waals surface area (Å²) in [5.41, 5.74) is 3.83. The van der Waals surface area contributed by atoms with Gasteiger partial charge in [0.15, 0.2) is 17.5 Å². The van der Waals surface area contributed by atoms with Crippen molar-refractivity contribution < 1.29 is 19.3 Å². The highest BCUT2D eigenvalue weighted by molar-refractivity contribution is 7.09. The largest absolute Gasteiger partial charge is 0.454 e. The Balaban J connectivity index is 1.20. The van der Waals surface area contributed by atoms with Crippen LogP contribution in [0.2, 0.25) is 0 Å². The molecule has 0 saturated carbocycles. The number of hydrogen-bond acceptors (Lipinski definition) is 6. The van der Waals surface area contributed by atoms with Crippen molar-refractivity contribution in [3.8, 4) is 11.5 Å². The molecule has 4 heterocycles. The van der Waals surface area contributed by atoms with Crippen LogP contribution in [0.15, 0.2) is 60.0 Å². The van der Waals surface area contributed by atoms with Gasteiger partial charge < -0.3 is 19.3 Å². The molecule has 2 aromatic heterocycles. The molecule has 2 aliphatic rings. The summed E-state index contributed by atoms with van der Waals surface area (Å²) in [7, 11) is 0. The molecular formula is C26H30N6O2S+2. The molecule has 2 aliphatic heterocycles. The van der Waals surface area contributed by atoms with Crippen LogP contribution in [0.5, 0.6) is 11.5 Å². The van der Waals surface area contributed by atoms with Gasteiger partial charge in [0, 0.05) is 16.0 Å². The molecule has 0 spiro atoms. The van der Waals surface area contributed by atoms with Crippen LogP contribution >= 0.6 is 11.3 Å². The van der Waals surface area contributed by atoms with Crippen LogP contribution in [-0.4, -0.2) is 53.2 Å². The van der Waals surface area contributed by atoms with Crippen molar-refractivity contribution in [3.63, 3.8) is 0 Å². The zero-order chi connectivity index (χ0) is 23.6. The summed E-state index contributed by atoms with van der Waals surface area (Å²) in [6.45, 7) is 8.46. The maximum Gasteiger partial charge on any atom is 0.231 e. The van der Waals surface area contributed by atoms with Crippen molar-refractivity contribution in [1.29, 1.82) is 0 Å². The van der Waals surface area contributed by atoms with Crippen LogP contribution in [0.3, 0.4) is 0 Å². The fraction of sp³-hybridized carbons (Fsp3) is 0.346. The van der Waals surface area contributed by atoms with E-state index in [1.165, 1.54) is 26.5 Å².